The van der Waals surface area contributed by atoms with Gasteiger partial charge in [-0.2, -0.15) is 8.78 Å². The number of carbonyl (C=O) groups is 1. The van der Waals surface area contributed by atoms with Gasteiger partial charge in [-0.25, -0.2) is 9.97 Å². The number of fused-ring (bicyclic) bond motifs is 1. The van der Waals surface area contributed by atoms with Gasteiger partial charge in [0.25, 0.3) is 0 Å². The maximum Gasteiger partial charge on any atom is 0.387 e. The van der Waals surface area contributed by atoms with Gasteiger partial charge in [0.2, 0.25) is 5.91 Å². The van der Waals surface area contributed by atoms with Crippen molar-refractivity contribution in [1.29, 1.82) is 0 Å². The summed E-state index contributed by atoms with van der Waals surface area (Å²) >= 11 is 0. The van der Waals surface area contributed by atoms with Crippen LogP contribution in [0, 0.1) is 5.92 Å². The van der Waals surface area contributed by atoms with Crippen molar-refractivity contribution in [2.75, 3.05) is 69.5 Å². The van der Waals surface area contributed by atoms with Crippen LogP contribution >= 0.6 is 0 Å². The van der Waals surface area contributed by atoms with Gasteiger partial charge in [0, 0.05) is 52.1 Å². The number of methoxy groups -OCH3 is 1. The number of nitrogens with zero attached hydrogens (tertiary/aromatic N) is 4. The molecule has 9 nitrogen and oxygen atoms in total. The van der Waals surface area contributed by atoms with Crippen molar-refractivity contribution in [3.05, 3.63) is 30.5 Å². The zero-order chi connectivity index (χ0) is 24.6. The van der Waals surface area contributed by atoms with Crippen LogP contribution in [0.1, 0.15) is 12.8 Å². The van der Waals surface area contributed by atoms with Crippen LogP contribution in [-0.4, -0.2) is 82.1 Å². The zero-order valence-electron chi connectivity index (χ0n) is 19.8. The summed E-state index contributed by atoms with van der Waals surface area (Å²) in [5, 5.41) is 3.05. The molecular weight excluding hydrogens is 460 g/mol. The molecule has 0 radical (unpaired) electrons. The van der Waals surface area contributed by atoms with E-state index in [0.29, 0.717) is 55.9 Å². The highest BCUT2D eigenvalue weighted by Gasteiger charge is 2.27. The number of anilines is 2. The van der Waals surface area contributed by atoms with E-state index in [4.69, 9.17) is 14.5 Å². The topological polar surface area (TPSA) is 89.1 Å². The van der Waals surface area contributed by atoms with Crippen LogP contribution in [0.4, 0.5) is 20.3 Å². The van der Waals surface area contributed by atoms with Crippen LogP contribution in [0.15, 0.2) is 30.5 Å². The minimum absolute atomic E-state index is 0.0397. The fraction of sp³-hybridized carbons (Fsp3) is 0.542. The third-order valence-corrected chi connectivity index (χ3v) is 6.18. The van der Waals surface area contributed by atoms with E-state index in [0.717, 1.165) is 31.7 Å². The SMILES string of the molecule is COCCN1CCN(CC(=O)NCC2CCOCC2)c2cnc(-c3cccc(OC(F)F)c3)nc21. The molecule has 35 heavy (non-hydrogen) atoms. The van der Waals surface area contributed by atoms with Gasteiger partial charge in [-0.3, -0.25) is 4.79 Å². The van der Waals surface area contributed by atoms with Crippen LogP contribution in [0.2, 0.25) is 0 Å². The third kappa shape index (κ3) is 6.76. The van der Waals surface area contributed by atoms with Gasteiger partial charge in [0.05, 0.1) is 25.0 Å². The van der Waals surface area contributed by atoms with Gasteiger partial charge in [-0.15, -0.1) is 0 Å². The van der Waals surface area contributed by atoms with E-state index in [1.54, 1.807) is 25.4 Å². The molecule has 2 aliphatic rings. The summed E-state index contributed by atoms with van der Waals surface area (Å²) in [6, 6.07) is 6.30. The second-order valence-electron chi connectivity index (χ2n) is 8.57. The summed E-state index contributed by atoms with van der Waals surface area (Å²) in [5.74, 6) is 1.50. The minimum atomic E-state index is -2.91. The molecule has 0 aliphatic carbocycles. The fourth-order valence-corrected chi connectivity index (χ4v) is 4.26. The molecule has 190 valence electrons. The van der Waals surface area contributed by atoms with Crippen LogP contribution in [0.3, 0.4) is 0 Å². The van der Waals surface area contributed by atoms with Crippen LogP contribution in [0.25, 0.3) is 11.4 Å². The van der Waals surface area contributed by atoms with E-state index in [9.17, 15) is 13.6 Å². The first-order valence-electron chi connectivity index (χ1n) is 11.8. The first-order chi connectivity index (χ1) is 17.0. The van der Waals surface area contributed by atoms with Crippen molar-refractivity contribution in [3.63, 3.8) is 0 Å². The Morgan fingerprint density at radius 3 is 2.83 bits per heavy atom. The van der Waals surface area contributed by atoms with Crippen molar-refractivity contribution in [2.24, 2.45) is 5.92 Å². The van der Waals surface area contributed by atoms with Crippen molar-refractivity contribution in [1.82, 2.24) is 15.3 Å². The Bertz CT molecular complexity index is 990. The molecule has 2 aromatic rings. The number of alkyl halides is 2. The lowest BCUT2D eigenvalue weighted by Gasteiger charge is -2.37. The van der Waals surface area contributed by atoms with Crippen molar-refractivity contribution < 1.29 is 27.8 Å². The Morgan fingerprint density at radius 2 is 2.06 bits per heavy atom. The third-order valence-electron chi connectivity index (χ3n) is 6.18. The Balaban J connectivity index is 1.51. The molecule has 1 aromatic heterocycles. The number of benzene rings is 1. The summed E-state index contributed by atoms with van der Waals surface area (Å²) in [6.45, 7) is 1.87. The quantitative estimate of drug-likeness (QED) is 0.543. The van der Waals surface area contributed by atoms with Gasteiger partial charge in [0.1, 0.15) is 5.75 Å². The largest absolute Gasteiger partial charge is 0.435 e. The Hall–Kier alpha value is -3.05. The van der Waals surface area contributed by atoms with Crippen LogP contribution < -0.4 is 19.9 Å². The van der Waals surface area contributed by atoms with E-state index in [-0.39, 0.29) is 18.2 Å². The maximum absolute atomic E-state index is 12.7. The number of aromatic nitrogens is 2. The molecule has 1 aromatic carbocycles. The second kappa shape index (κ2) is 12.1. The van der Waals surface area contributed by atoms with Crippen molar-refractivity contribution in [3.8, 4) is 17.1 Å². The summed E-state index contributed by atoms with van der Waals surface area (Å²) in [7, 11) is 1.64. The van der Waals surface area contributed by atoms with Crippen molar-refractivity contribution in [2.45, 2.75) is 19.5 Å². The van der Waals surface area contributed by atoms with Crippen molar-refractivity contribution >= 4 is 17.4 Å². The number of nitrogens with one attached hydrogen (secondary N) is 1. The van der Waals surface area contributed by atoms with Crippen LogP contribution in [0.5, 0.6) is 5.75 Å². The minimum Gasteiger partial charge on any atom is -0.435 e. The van der Waals surface area contributed by atoms with Gasteiger partial charge >= 0.3 is 6.61 Å². The average molecular weight is 492 g/mol. The molecule has 1 saturated heterocycles. The zero-order valence-corrected chi connectivity index (χ0v) is 19.8. The number of amides is 1. The summed E-state index contributed by atoms with van der Waals surface area (Å²) in [5.41, 5.74) is 1.31. The fourth-order valence-electron chi connectivity index (χ4n) is 4.26. The predicted molar refractivity (Wildman–Crippen MR) is 127 cm³/mol. The lowest BCUT2D eigenvalue weighted by atomic mass is 10.0. The Labute approximate surface area is 203 Å². The number of halogens is 2. The van der Waals surface area contributed by atoms with E-state index in [2.05, 4.69) is 19.9 Å². The summed E-state index contributed by atoms with van der Waals surface area (Å²) < 4.78 is 40.4. The lowest BCUT2D eigenvalue weighted by molar-refractivity contribution is -0.120. The molecule has 4 rings (SSSR count). The van der Waals surface area contributed by atoms with Gasteiger partial charge < -0.3 is 29.3 Å². The molecule has 1 N–H and O–H groups in total. The molecule has 2 aliphatic heterocycles. The maximum atomic E-state index is 12.7. The smallest absolute Gasteiger partial charge is 0.387 e. The monoisotopic (exact) mass is 491 g/mol. The molecule has 11 heteroatoms. The molecule has 0 bridgehead atoms. The first kappa shape index (κ1) is 25.1. The molecule has 0 atom stereocenters. The number of hydrogen-bond donors (Lipinski definition) is 1. The normalized spacial score (nSPS) is 16.3. The molecule has 3 heterocycles. The van der Waals surface area contributed by atoms with E-state index in [1.165, 1.54) is 12.1 Å². The molecule has 0 unspecified atom stereocenters. The second-order valence-corrected chi connectivity index (χ2v) is 8.57. The predicted octanol–water partition coefficient (Wildman–Crippen LogP) is 2.56. The summed E-state index contributed by atoms with van der Waals surface area (Å²) in [6.07, 6.45) is 3.60. The molecule has 1 fully saturated rings. The Morgan fingerprint density at radius 1 is 1.26 bits per heavy atom. The summed E-state index contributed by atoms with van der Waals surface area (Å²) in [4.78, 5) is 26.0. The average Bonchev–Trinajstić information content (AvgIpc) is 2.87. The molecule has 1 amide bonds. The lowest BCUT2D eigenvalue weighted by Crippen LogP contribution is -2.47. The van der Waals surface area contributed by atoms with Gasteiger partial charge in [-0.1, -0.05) is 12.1 Å². The highest BCUT2D eigenvalue weighted by atomic mass is 19.3. The highest BCUT2D eigenvalue weighted by molar-refractivity contribution is 5.84. The Kier molecular flexibility index (Phi) is 8.64. The van der Waals surface area contributed by atoms with E-state index in [1.807, 2.05) is 4.90 Å². The molecule has 0 saturated carbocycles. The first-order valence-corrected chi connectivity index (χ1v) is 11.8. The number of rotatable bonds is 10. The number of ether oxygens (including phenoxy) is 3. The van der Waals surface area contributed by atoms with Gasteiger partial charge in [-0.05, 0) is 30.9 Å². The molecule has 0 spiro atoms. The standard InChI is InChI=1S/C24H31F2N5O4/c1-33-12-9-30-7-8-31(16-21(32)27-14-17-5-10-34-11-6-17)20-15-28-22(29-23(20)30)18-3-2-4-19(13-18)35-24(25)26/h2-4,13,15,17,24H,5-12,14,16H2,1H3,(H,27,32). The highest BCUT2D eigenvalue weighted by Crippen LogP contribution is 2.33. The van der Waals surface area contributed by atoms with Crippen LogP contribution in [-0.2, 0) is 14.3 Å². The number of hydrogen-bond acceptors (Lipinski definition) is 8. The molecular formula is C24H31F2N5O4. The van der Waals surface area contributed by atoms with Gasteiger partial charge in [0.15, 0.2) is 11.6 Å². The van der Waals surface area contributed by atoms with E-state index < -0.39 is 6.61 Å². The van der Waals surface area contributed by atoms with E-state index >= 15 is 0 Å². The number of carbonyl (C=O) groups excluding carboxylic acids is 1.